The molecule has 2 heterocycles. The van der Waals surface area contributed by atoms with Crippen LogP contribution in [0.3, 0.4) is 0 Å². The zero-order valence-electron chi connectivity index (χ0n) is 19.5. The van der Waals surface area contributed by atoms with Crippen LogP contribution in [0, 0.1) is 31.1 Å². The number of likely N-dealkylation sites (tertiary alicyclic amines) is 1. The molecule has 1 aromatic heterocycles. The topological polar surface area (TPSA) is 80.2 Å². The van der Waals surface area contributed by atoms with Crippen molar-refractivity contribution in [1.29, 1.82) is 0 Å². The first kappa shape index (κ1) is 22.8. The van der Waals surface area contributed by atoms with Gasteiger partial charge in [0.25, 0.3) is 0 Å². The van der Waals surface area contributed by atoms with Gasteiger partial charge in [0.15, 0.2) is 0 Å². The minimum Gasteiger partial charge on any atom is -0.342 e. The van der Waals surface area contributed by atoms with Crippen molar-refractivity contribution >= 4 is 17.5 Å². The van der Waals surface area contributed by atoms with Gasteiger partial charge in [-0.25, -0.2) is 9.97 Å². The van der Waals surface area contributed by atoms with Gasteiger partial charge >= 0.3 is 0 Å². The molecule has 2 aliphatic rings. The molecule has 6 nitrogen and oxygen atoms in total. The first-order chi connectivity index (χ1) is 15.8. The lowest BCUT2D eigenvalue weighted by Crippen LogP contribution is -2.48. The summed E-state index contributed by atoms with van der Waals surface area (Å²) < 4.78 is 0. The van der Waals surface area contributed by atoms with Crippen molar-refractivity contribution in [2.24, 2.45) is 5.41 Å². The lowest BCUT2D eigenvalue weighted by atomic mass is 9.62. The van der Waals surface area contributed by atoms with E-state index in [0.29, 0.717) is 44.5 Å². The highest BCUT2D eigenvalue weighted by Crippen LogP contribution is 2.46. The lowest BCUT2D eigenvalue weighted by Gasteiger charge is -2.44. The number of rotatable bonds is 3. The van der Waals surface area contributed by atoms with Crippen molar-refractivity contribution in [2.45, 2.75) is 58.8 Å². The minimum atomic E-state index is -0.684. The van der Waals surface area contributed by atoms with Gasteiger partial charge in [0, 0.05) is 37.7 Å². The number of aryl methyl sites for hydroxylation is 2. The summed E-state index contributed by atoms with van der Waals surface area (Å²) in [7, 11) is 0. The number of benzene rings is 1. The van der Waals surface area contributed by atoms with E-state index < -0.39 is 5.92 Å². The number of hydrogen-bond acceptors (Lipinski definition) is 5. The summed E-state index contributed by atoms with van der Waals surface area (Å²) in [5.41, 5.74) is 4.01. The molecular weight excluding hydrogens is 414 g/mol. The maximum Gasteiger partial charge on any atom is 0.228 e. The van der Waals surface area contributed by atoms with Gasteiger partial charge in [0.1, 0.15) is 23.8 Å². The maximum absolute atomic E-state index is 13.3. The lowest BCUT2D eigenvalue weighted by molar-refractivity contribution is -0.140. The van der Waals surface area contributed by atoms with Gasteiger partial charge in [-0.05, 0) is 73.9 Å². The molecule has 1 spiro atoms. The summed E-state index contributed by atoms with van der Waals surface area (Å²) in [6, 6.07) is 5.67. The van der Waals surface area contributed by atoms with Crippen molar-refractivity contribution in [1.82, 2.24) is 14.9 Å². The number of nitrogens with zero attached hydrogens (tertiary/aromatic N) is 3. The van der Waals surface area contributed by atoms with Crippen molar-refractivity contribution in [2.75, 3.05) is 13.1 Å². The predicted molar refractivity (Wildman–Crippen MR) is 124 cm³/mol. The van der Waals surface area contributed by atoms with E-state index in [4.69, 9.17) is 0 Å². The quantitative estimate of drug-likeness (QED) is 0.537. The molecule has 0 bridgehead atoms. The molecule has 2 fully saturated rings. The van der Waals surface area contributed by atoms with Crippen LogP contribution >= 0.6 is 0 Å². The standard InChI is InChI=1S/C27H29N3O3/c1-4-5-20-12-18(2)25(19(3)13-20)26-22(31)15-27(16-23(26)32)7-10-30(11-8-27)24(33)14-21-6-9-28-17-29-21/h6,9,12-13,17,26H,7-8,10-11,14-16H2,1-3H3. The van der Waals surface area contributed by atoms with Gasteiger partial charge in [0.2, 0.25) is 5.91 Å². The molecule has 2 aromatic rings. The third kappa shape index (κ3) is 4.73. The molecule has 1 aromatic carbocycles. The van der Waals surface area contributed by atoms with E-state index >= 15 is 0 Å². The summed E-state index contributed by atoms with van der Waals surface area (Å²) >= 11 is 0. The fraction of sp³-hybridized carbons (Fsp3) is 0.444. The average Bonchev–Trinajstić information content (AvgIpc) is 2.76. The molecule has 1 saturated heterocycles. The second-order valence-corrected chi connectivity index (χ2v) is 9.38. The Bertz CT molecular complexity index is 1110. The second-order valence-electron chi connectivity index (χ2n) is 9.38. The molecular formula is C27H29N3O3. The van der Waals surface area contributed by atoms with E-state index in [1.807, 2.05) is 30.9 Å². The number of aromatic nitrogens is 2. The Balaban J connectivity index is 1.45. The number of piperidine rings is 1. The Morgan fingerprint density at radius 2 is 1.76 bits per heavy atom. The molecule has 6 heteroatoms. The molecule has 1 aliphatic heterocycles. The zero-order chi connectivity index (χ0) is 23.6. The number of carbonyl (C=O) groups is 3. The first-order valence-electron chi connectivity index (χ1n) is 11.4. The van der Waals surface area contributed by atoms with E-state index in [2.05, 4.69) is 21.8 Å². The Hall–Kier alpha value is -3.33. The van der Waals surface area contributed by atoms with Crippen LogP contribution in [0.1, 0.15) is 66.5 Å². The SMILES string of the molecule is CC#Cc1cc(C)c(C2C(=O)CC3(CCN(C(=O)Cc4ccncn4)CC3)CC2=O)c(C)c1. The van der Waals surface area contributed by atoms with Crippen molar-refractivity contribution in [3.05, 3.63) is 58.7 Å². The van der Waals surface area contributed by atoms with Crippen molar-refractivity contribution in [3.63, 3.8) is 0 Å². The highest BCUT2D eigenvalue weighted by Gasteiger charge is 2.47. The van der Waals surface area contributed by atoms with Crippen molar-refractivity contribution in [3.8, 4) is 11.8 Å². The Morgan fingerprint density at radius 3 is 2.30 bits per heavy atom. The molecule has 0 radical (unpaired) electrons. The molecule has 1 saturated carbocycles. The summed E-state index contributed by atoms with van der Waals surface area (Å²) in [6.45, 7) is 6.84. The molecule has 4 rings (SSSR count). The number of amides is 1. The van der Waals surface area contributed by atoms with Gasteiger partial charge in [-0.15, -0.1) is 5.92 Å². The monoisotopic (exact) mass is 443 g/mol. The summed E-state index contributed by atoms with van der Waals surface area (Å²) in [5, 5.41) is 0. The highest BCUT2D eigenvalue weighted by molar-refractivity contribution is 6.10. The summed E-state index contributed by atoms with van der Waals surface area (Å²) in [6.07, 6.45) is 5.46. The Labute approximate surface area is 194 Å². The molecule has 1 amide bonds. The van der Waals surface area contributed by atoms with Gasteiger partial charge < -0.3 is 4.90 Å². The first-order valence-corrected chi connectivity index (χ1v) is 11.4. The Morgan fingerprint density at radius 1 is 1.12 bits per heavy atom. The Kier molecular flexibility index (Phi) is 6.42. The molecule has 0 unspecified atom stereocenters. The molecule has 0 atom stereocenters. The second kappa shape index (κ2) is 9.27. The molecule has 0 N–H and O–H groups in total. The van der Waals surface area contributed by atoms with Crippen molar-refractivity contribution < 1.29 is 14.4 Å². The van der Waals surface area contributed by atoms with Crippen LogP contribution in [0.5, 0.6) is 0 Å². The van der Waals surface area contributed by atoms with Crippen LogP contribution in [0.15, 0.2) is 30.7 Å². The number of hydrogen-bond donors (Lipinski definition) is 0. The van der Waals surface area contributed by atoms with Gasteiger partial charge in [-0.3, -0.25) is 14.4 Å². The van der Waals surface area contributed by atoms with Crippen LogP contribution < -0.4 is 0 Å². The molecule has 1 aliphatic carbocycles. The van der Waals surface area contributed by atoms with Crippen LogP contribution in [0.4, 0.5) is 0 Å². The van der Waals surface area contributed by atoms with E-state index in [1.165, 1.54) is 6.33 Å². The normalized spacial score (nSPS) is 18.2. The van der Waals surface area contributed by atoms with Gasteiger partial charge in [0.05, 0.1) is 12.1 Å². The highest BCUT2D eigenvalue weighted by atomic mass is 16.2. The van der Waals surface area contributed by atoms with E-state index in [0.717, 1.165) is 22.3 Å². The fourth-order valence-corrected chi connectivity index (χ4v) is 5.43. The predicted octanol–water partition coefficient (Wildman–Crippen LogP) is 3.33. The average molecular weight is 444 g/mol. The third-order valence-corrected chi connectivity index (χ3v) is 7.05. The van der Waals surface area contributed by atoms with Gasteiger partial charge in [-0.2, -0.15) is 0 Å². The summed E-state index contributed by atoms with van der Waals surface area (Å²) in [4.78, 5) is 49.1. The van der Waals surface area contributed by atoms with Crippen LogP contribution in [0.2, 0.25) is 0 Å². The third-order valence-electron chi connectivity index (χ3n) is 7.05. The van der Waals surface area contributed by atoms with E-state index in [9.17, 15) is 14.4 Å². The van der Waals surface area contributed by atoms with Gasteiger partial charge in [-0.1, -0.05) is 5.92 Å². The number of Topliss-reactive ketones (excluding diaryl/α,β-unsaturated/α-hetero) is 2. The molecule has 33 heavy (non-hydrogen) atoms. The van der Waals surface area contributed by atoms with E-state index in [-0.39, 0.29) is 29.3 Å². The smallest absolute Gasteiger partial charge is 0.228 e. The fourth-order valence-electron chi connectivity index (χ4n) is 5.43. The van der Waals surface area contributed by atoms with Crippen LogP contribution in [-0.4, -0.2) is 45.4 Å². The zero-order valence-corrected chi connectivity index (χ0v) is 19.5. The maximum atomic E-state index is 13.3. The number of carbonyl (C=O) groups excluding carboxylic acids is 3. The van der Waals surface area contributed by atoms with Crippen LogP contribution in [0.25, 0.3) is 0 Å². The summed E-state index contributed by atoms with van der Waals surface area (Å²) in [5.74, 6) is 5.31. The molecule has 170 valence electrons. The van der Waals surface area contributed by atoms with Crippen LogP contribution in [-0.2, 0) is 20.8 Å². The van der Waals surface area contributed by atoms with E-state index in [1.54, 1.807) is 19.2 Å². The largest absolute Gasteiger partial charge is 0.342 e. The number of ketones is 2. The minimum absolute atomic E-state index is 0.00698.